The number of halogens is 1. The minimum absolute atomic E-state index is 0.181. The fourth-order valence-corrected chi connectivity index (χ4v) is 1.93. The van der Waals surface area contributed by atoms with Crippen LogP contribution >= 0.6 is 15.9 Å². The first-order valence-corrected chi connectivity index (χ1v) is 6.87. The van der Waals surface area contributed by atoms with E-state index in [0.29, 0.717) is 17.8 Å². The summed E-state index contributed by atoms with van der Waals surface area (Å²) < 4.78 is 1.04. The van der Waals surface area contributed by atoms with Gasteiger partial charge in [0, 0.05) is 17.2 Å². The molecule has 0 unspecified atom stereocenters. The molecule has 1 aromatic carbocycles. The number of hydrogen-bond donors (Lipinski definition) is 1. The molecule has 2 aromatic rings. The van der Waals surface area contributed by atoms with Gasteiger partial charge in [-0.05, 0) is 36.2 Å². The van der Waals surface area contributed by atoms with Crippen molar-refractivity contribution in [3.8, 4) is 6.07 Å². The largest absolute Gasteiger partial charge is 0.352 e. The fraction of sp³-hybridized carbons (Fsp3) is 0.133. The highest BCUT2D eigenvalue weighted by molar-refractivity contribution is 9.10. The maximum Gasteiger partial charge on any atom is 0.252 e. The molecule has 1 aromatic heterocycles. The average molecular weight is 330 g/mol. The summed E-state index contributed by atoms with van der Waals surface area (Å²) in [6.45, 7) is 0.556. The maximum absolute atomic E-state index is 11.8. The fourth-order valence-electron chi connectivity index (χ4n) is 1.67. The topological polar surface area (TPSA) is 65.8 Å². The van der Waals surface area contributed by atoms with Crippen LogP contribution in [0, 0.1) is 11.3 Å². The number of amides is 1. The third kappa shape index (κ3) is 3.90. The van der Waals surface area contributed by atoms with Gasteiger partial charge in [0.15, 0.2) is 0 Å². The summed E-state index contributed by atoms with van der Waals surface area (Å²) in [4.78, 5) is 15.7. The van der Waals surface area contributed by atoms with E-state index in [0.717, 1.165) is 16.5 Å². The molecule has 5 heteroatoms. The molecular weight excluding hydrogens is 318 g/mol. The Balaban J connectivity index is 1.85. The Labute approximate surface area is 125 Å². The number of rotatable bonds is 4. The van der Waals surface area contributed by atoms with Crippen molar-refractivity contribution < 1.29 is 4.79 Å². The van der Waals surface area contributed by atoms with Gasteiger partial charge in [0.1, 0.15) is 11.8 Å². The third-order valence-electron chi connectivity index (χ3n) is 2.75. The van der Waals surface area contributed by atoms with Gasteiger partial charge in [-0.1, -0.05) is 28.1 Å². The molecule has 0 atom stereocenters. The van der Waals surface area contributed by atoms with E-state index < -0.39 is 0 Å². The van der Waals surface area contributed by atoms with E-state index in [9.17, 15) is 4.79 Å². The lowest BCUT2D eigenvalue weighted by atomic mass is 10.1. The van der Waals surface area contributed by atoms with Crippen molar-refractivity contribution in [3.05, 3.63) is 63.9 Å². The monoisotopic (exact) mass is 329 g/mol. The van der Waals surface area contributed by atoms with Gasteiger partial charge in [0.2, 0.25) is 0 Å². The first-order valence-electron chi connectivity index (χ1n) is 6.08. The highest BCUT2D eigenvalue weighted by Gasteiger charge is 2.05. The molecule has 1 N–H and O–H groups in total. The SMILES string of the molecule is N#Cc1ccc(C(=O)NCCc2ccc(Br)cc2)cn1. The summed E-state index contributed by atoms with van der Waals surface area (Å²) in [5.74, 6) is -0.181. The number of pyridine rings is 1. The van der Waals surface area contributed by atoms with Crippen LogP contribution in [0.4, 0.5) is 0 Å². The molecule has 0 radical (unpaired) electrons. The van der Waals surface area contributed by atoms with E-state index >= 15 is 0 Å². The molecule has 0 aliphatic heterocycles. The van der Waals surface area contributed by atoms with Crippen LogP contribution in [0.2, 0.25) is 0 Å². The van der Waals surface area contributed by atoms with Crippen molar-refractivity contribution in [1.82, 2.24) is 10.3 Å². The zero-order valence-corrected chi connectivity index (χ0v) is 12.2. The number of nitriles is 1. The number of nitrogens with zero attached hydrogens (tertiary/aromatic N) is 2. The summed E-state index contributed by atoms with van der Waals surface area (Å²) in [7, 11) is 0. The van der Waals surface area contributed by atoms with Gasteiger partial charge in [0.25, 0.3) is 5.91 Å². The predicted molar refractivity (Wildman–Crippen MR) is 79.1 cm³/mol. The Morgan fingerprint density at radius 2 is 2.00 bits per heavy atom. The van der Waals surface area contributed by atoms with Gasteiger partial charge in [-0.25, -0.2) is 4.98 Å². The number of hydrogen-bond acceptors (Lipinski definition) is 3. The number of nitrogens with one attached hydrogen (secondary N) is 1. The second-order valence-corrected chi connectivity index (χ2v) is 5.09. The molecule has 0 fully saturated rings. The Morgan fingerprint density at radius 1 is 1.25 bits per heavy atom. The van der Waals surface area contributed by atoms with Crippen LogP contribution in [0.15, 0.2) is 47.1 Å². The molecule has 0 bridgehead atoms. The molecule has 4 nitrogen and oxygen atoms in total. The van der Waals surface area contributed by atoms with Crippen LogP contribution in [0.1, 0.15) is 21.6 Å². The standard InChI is InChI=1S/C15H12BrN3O/c16-13-4-1-11(2-5-13)7-8-18-15(20)12-3-6-14(9-17)19-10-12/h1-6,10H,7-8H2,(H,18,20). The van der Waals surface area contributed by atoms with Crippen molar-refractivity contribution in [1.29, 1.82) is 5.26 Å². The lowest BCUT2D eigenvalue weighted by Crippen LogP contribution is -2.25. The highest BCUT2D eigenvalue weighted by atomic mass is 79.9. The summed E-state index contributed by atoms with van der Waals surface area (Å²) in [5.41, 5.74) is 1.92. The zero-order chi connectivity index (χ0) is 14.4. The Kier molecular flexibility index (Phi) is 4.85. The van der Waals surface area contributed by atoms with E-state index in [-0.39, 0.29) is 5.91 Å². The van der Waals surface area contributed by atoms with E-state index in [2.05, 4.69) is 26.2 Å². The van der Waals surface area contributed by atoms with Gasteiger partial charge < -0.3 is 5.32 Å². The van der Waals surface area contributed by atoms with Gasteiger partial charge in [-0.3, -0.25) is 4.79 Å². The first-order chi connectivity index (χ1) is 9.69. The van der Waals surface area contributed by atoms with E-state index in [1.165, 1.54) is 12.3 Å². The Hall–Kier alpha value is -2.19. The zero-order valence-electron chi connectivity index (χ0n) is 10.6. The summed E-state index contributed by atoms with van der Waals surface area (Å²) in [6, 6.07) is 13.0. The quantitative estimate of drug-likeness (QED) is 0.937. The highest BCUT2D eigenvalue weighted by Crippen LogP contribution is 2.10. The molecule has 100 valence electrons. The number of benzene rings is 1. The third-order valence-corrected chi connectivity index (χ3v) is 3.28. The molecule has 2 rings (SSSR count). The van der Waals surface area contributed by atoms with Crippen LogP contribution in [-0.4, -0.2) is 17.4 Å². The first kappa shape index (κ1) is 14.2. The smallest absolute Gasteiger partial charge is 0.252 e. The van der Waals surface area contributed by atoms with Crippen LogP contribution < -0.4 is 5.32 Å². The number of aromatic nitrogens is 1. The molecule has 0 saturated carbocycles. The van der Waals surface area contributed by atoms with E-state index in [1.807, 2.05) is 30.3 Å². The Bertz CT molecular complexity index is 630. The van der Waals surface area contributed by atoms with Crippen molar-refractivity contribution in [2.24, 2.45) is 0 Å². The molecule has 0 aliphatic carbocycles. The molecule has 1 heterocycles. The summed E-state index contributed by atoms with van der Waals surface area (Å²) in [5, 5.41) is 11.5. The van der Waals surface area contributed by atoms with Gasteiger partial charge >= 0.3 is 0 Å². The van der Waals surface area contributed by atoms with Crippen molar-refractivity contribution in [3.63, 3.8) is 0 Å². The number of carbonyl (C=O) groups is 1. The van der Waals surface area contributed by atoms with Crippen molar-refractivity contribution >= 4 is 21.8 Å². The molecular formula is C15H12BrN3O. The summed E-state index contributed by atoms with van der Waals surface area (Å²) >= 11 is 3.38. The second-order valence-electron chi connectivity index (χ2n) is 4.18. The van der Waals surface area contributed by atoms with Crippen LogP contribution in [-0.2, 0) is 6.42 Å². The van der Waals surface area contributed by atoms with Crippen LogP contribution in [0.5, 0.6) is 0 Å². The molecule has 20 heavy (non-hydrogen) atoms. The molecule has 0 saturated heterocycles. The number of carbonyl (C=O) groups excluding carboxylic acids is 1. The second kappa shape index (κ2) is 6.83. The van der Waals surface area contributed by atoms with E-state index in [4.69, 9.17) is 5.26 Å². The van der Waals surface area contributed by atoms with Crippen LogP contribution in [0.25, 0.3) is 0 Å². The predicted octanol–water partition coefficient (Wildman–Crippen LogP) is 2.69. The minimum Gasteiger partial charge on any atom is -0.352 e. The van der Waals surface area contributed by atoms with Gasteiger partial charge in [-0.15, -0.1) is 0 Å². The van der Waals surface area contributed by atoms with Crippen molar-refractivity contribution in [2.75, 3.05) is 6.54 Å². The van der Waals surface area contributed by atoms with Gasteiger partial charge in [-0.2, -0.15) is 5.26 Å². The van der Waals surface area contributed by atoms with Crippen LogP contribution in [0.3, 0.4) is 0 Å². The normalized spacial score (nSPS) is 9.80. The molecule has 1 amide bonds. The van der Waals surface area contributed by atoms with Crippen molar-refractivity contribution in [2.45, 2.75) is 6.42 Å². The average Bonchev–Trinajstić information content (AvgIpc) is 2.49. The van der Waals surface area contributed by atoms with Gasteiger partial charge in [0.05, 0.1) is 5.56 Å². The lowest BCUT2D eigenvalue weighted by molar-refractivity contribution is 0.0954. The Morgan fingerprint density at radius 3 is 2.60 bits per heavy atom. The summed E-state index contributed by atoms with van der Waals surface area (Å²) in [6.07, 6.45) is 2.18. The minimum atomic E-state index is -0.181. The maximum atomic E-state index is 11.8. The molecule has 0 aliphatic rings. The lowest BCUT2D eigenvalue weighted by Gasteiger charge is -2.05. The molecule has 0 spiro atoms. The van der Waals surface area contributed by atoms with E-state index in [1.54, 1.807) is 6.07 Å².